The van der Waals surface area contributed by atoms with Gasteiger partial charge in [0.1, 0.15) is 12.9 Å². The van der Waals surface area contributed by atoms with E-state index < -0.39 is 0 Å². The summed E-state index contributed by atoms with van der Waals surface area (Å²) in [5.74, 6) is -0.0703. The van der Waals surface area contributed by atoms with Crippen LogP contribution in [0.2, 0.25) is 0 Å². The van der Waals surface area contributed by atoms with E-state index in [4.69, 9.17) is 0 Å². The zero-order valence-corrected chi connectivity index (χ0v) is 13.6. The molecule has 2 amide bonds. The molecule has 2 heterocycles. The lowest BCUT2D eigenvalue weighted by Gasteiger charge is -2.32. The van der Waals surface area contributed by atoms with Gasteiger partial charge < -0.3 is 10.2 Å². The standard InChI is InChI=1S/C16H20N6O2/c1-12-2-4-13(5-3-12)16(24)21-8-6-14(7-9-21)18-15(23)10-22-11-17-19-20-22/h2-5,11,14H,6-10H2,1H3,(H,18,23). The van der Waals surface area contributed by atoms with E-state index in [-0.39, 0.29) is 24.4 Å². The number of hydrogen-bond acceptors (Lipinski definition) is 5. The Kier molecular flexibility index (Phi) is 4.83. The first-order chi connectivity index (χ1) is 11.6. The fourth-order valence-corrected chi connectivity index (χ4v) is 2.78. The highest BCUT2D eigenvalue weighted by atomic mass is 16.2. The molecular weight excluding hydrogens is 308 g/mol. The van der Waals surface area contributed by atoms with E-state index in [1.54, 1.807) is 0 Å². The molecule has 8 heteroatoms. The summed E-state index contributed by atoms with van der Waals surface area (Å²) in [7, 11) is 0. The number of aromatic nitrogens is 4. The van der Waals surface area contributed by atoms with Crippen molar-refractivity contribution in [2.45, 2.75) is 32.4 Å². The maximum atomic E-state index is 12.5. The first kappa shape index (κ1) is 16.1. The smallest absolute Gasteiger partial charge is 0.253 e. The van der Waals surface area contributed by atoms with E-state index in [2.05, 4.69) is 20.8 Å². The number of carbonyl (C=O) groups excluding carboxylic acids is 2. The van der Waals surface area contributed by atoms with E-state index in [1.165, 1.54) is 11.0 Å². The fraction of sp³-hybridized carbons (Fsp3) is 0.438. The molecular formula is C16H20N6O2. The van der Waals surface area contributed by atoms with E-state index >= 15 is 0 Å². The van der Waals surface area contributed by atoms with Crippen LogP contribution in [0.3, 0.4) is 0 Å². The number of amides is 2. The fourth-order valence-electron chi connectivity index (χ4n) is 2.78. The Morgan fingerprint density at radius 2 is 1.92 bits per heavy atom. The maximum absolute atomic E-state index is 12.5. The van der Waals surface area contributed by atoms with Gasteiger partial charge in [0.2, 0.25) is 5.91 Å². The van der Waals surface area contributed by atoms with Gasteiger partial charge in [-0.3, -0.25) is 9.59 Å². The molecule has 0 spiro atoms. The minimum atomic E-state index is -0.120. The summed E-state index contributed by atoms with van der Waals surface area (Å²) >= 11 is 0. The molecule has 1 aliphatic heterocycles. The number of piperidine rings is 1. The molecule has 0 atom stereocenters. The molecule has 3 rings (SSSR count). The highest BCUT2D eigenvalue weighted by Gasteiger charge is 2.24. The lowest BCUT2D eigenvalue weighted by molar-refractivity contribution is -0.122. The van der Waals surface area contributed by atoms with Gasteiger partial charge in [-0.1, -0.05) is 17.7 Å². The van der Waals surface area contributed by atoms with Gasteiger partial charge in [-0.05, 0) is 42.3 Å². The number of aryl methyl sites for hydroxylation is 1. The molecule has 1 aliphatic rings. The predicted molar refractivity (Wildman–Crippen MR) is 86.1 cm³/mol. The molecule has 0 radical (unpaired) electrons. The average molecular weight is 328 g/mol. The molecule has 1 fully saturated rings. The molecule has 126 valence electrons. The number of benzene rings is 1. The highest BCUT2D eigenvalue weighted by molar-refractivity contribution is 5.94. The lowest BCUT2D eigenvalue weighted by atomic mass is 10.0. The second-order valence-corrected chi connectivity index (χ2v) is 6.01. The van der Waals surface area contributed by atoms with E-state index in [0.717, 1.165) is 18.4 Å². The van der Waals surface area contributed by atoms with Crippen LogP contribution < -0.4 is 5.32 Å². The quantitative estimate of drug-likeness (QED) is 0.877. The van der Waals surface area contributed by atoms with Gasteiger partial charge in [0.25, 0.3) is 5.91 Å². The summed E-state index contributed by atoms with van der Waals surface area (Å²) in [6.45, 7) is 3.39. The Morgan fingerprint density at radius 3 is 2.54 bits per heavy atom. The van der Waals surface area contributed by atoms with Crippen LogP contribution in [0.5, 0.6) is 0 Å². The Hall–Kier alpha value is -2.77. The molecule has 1 saturated heterocycles. The Bertz CT molecular complexity index is 690. The molecule has 1 N–H and O–H groups in total. The lowest BCUT2D eigenvalue weighted by Crippen LogP contribution is -2.47. The first-order valence-corrected chi connectivity index (χ1v) is 7.98. The Morgan fingerprint density at radius 1 is 1.21 bits per heavy atom. The SMILES string of the molecule is Cc1ccc(C(=O)N2CCC(NC(=O)Cn3cnnn3)CC2)cc1. The molecule has 1 aromatic carbocycles. The molecule has 0 saturated carbocycles. The number of rotatable bonds is 4. The number of tetrazole rings is 1. The molecule has 24 heavy (non-hydrogen) atoms. The van der Waals surface area contributed by atoms with Gasteiger partial charge in [-0.25, -0.2) is 4.68 Å². The summed E-state index contributed by atoms with van der Waals surface area (Å²) < 4.78 is 1.38. The van der Waals surface area contributed by atoms with Gasteiger partial charge in [0.15, 0.2) is 0 Å². The second-order valence-electron chi connectivity index (χ2n) is 6.01. The summed E-state index contributed by atoms with van der Waals surface area (Å²) in [5, 5.41) is 13.6. The third-order valence-electron chi connectivity index (χ3n) is 4.14. The van der Waals surface area contributed by atoms with Gasteiger partial charge in [-0.15, -0.1) is 5.10 Å². The van der Waals surface area contributed by atoms with Crippen molar-refractivity contribution in [3.05, 3.63) is 41.7 Å². The van der Waals surface area contributed by atoms with Crippen LogP contribution in [0.25, 0.3) is 0 Å². The topological polar surface area (TPSA) is 93.0 Å². The third kappa shape index (κ3) is 3.95. The highest BCUT2D eigenvalue weighted by Crippen LogP contribution is 2.14. The van der Waals surface area contributed by atoms with E-state index in [0.29, 0.717) is 18.7 Å². The minimum absolute atomic E-state index is 0.0495. The van der Waals surface area contributed by atoms with E-state index in [9.17, 15) is 9.59 Å². The van der Waals surface area contributed by atoms with Crippen LogP contribution in [0.1, 0.15) is 28.8 Å². The van der Waals surface area contributed by atoms with Crippen LogP contribution in [0.4, 0.5) is 0 Å². The van der Waals surface area contributed by atoms with Gasteiger partial charge in [0.05, 0.1) is 0 Å². The molecule has 8 nitrogen and oxygen atoms in total. The normalized spacial score (nSPS) is 15.3. The Labute approximate surface area is 139 Å². The van der Waals surface area contributed by atoms with Gasteiger partial charge in [0, 0.05) is 24.7 Å². The van der Waals surface area contributed by atoms with Crippen LogP contribution in [0, 0.1) is 6.92 Å². The van der Waals surface area contributed by atoms with Crippen LogP contribution in [0.15, 0.2) is 30.6 Å². The summed E-state index contributed by atoms with van der Waals surface area (Å²) in [6.07, 6.45) is 2.90. The molecule has 0 bridgehead atoms. The number of nitrogens with one attached hydrogen (secondary N) is 1. The van der Waals surface area contributed by atoms with Crippen molar-refractivity contribution in [3.63, 3.8) is 0 Å². The van der Waals surface area contributed by atoms with Crippen molar-refractivity contribution in [3.8, 4) is 0 Å². The third-order valence-corrected chi connectivity index (χ3v) is 4.14. The van der Waals surface area contributed by atoms with Crippen molar-refractivity contribution >= 4 is 11.8 Å². The van der Waals surface area contributed by atoms with Gasteiger partial charge in [-0.2, -0.15) is 0 Å². The summed E-state index contributed by atoms with van der Waals surface area (Å²) in [4.78, 5) is 26.2. The van der Waals surface area contributed by atoms with Gasteiger partial charge >= 0.3 is 0 Å². The summed E-state index contributed by atoms with van der Waals surface area (Å²) in [6, 6.07) is 7.68. The van der Waals surface area contributed by atoms with Crippen LogP contribution >= 0.6 is 0 Å². The van der Waals surface area contributed by atoms with Crippen molar-refractivity contribution < 1.29 is 9.59 Å². The zero-order chi connectivity index (χ0) is 16.9. The number of carbonyl (C=O) groups is 2. The monoisotopic (exact) mass is 328 g/mol. The van der Waals surface area contributed by atoms with Crippen molar-refractivity contribution in [1.29, 1.82) is 0 Å². The second kappa shape index (κ2) is 7.20. The molecule has 0 aliphatic carbocycles. The molecule has 1 aromatic heterocycles. The van der Waals surface area contributed by atoms with Crippen molar-refractivity contribution in [1.82, 2.24) is 30.4 Å². The van der Waals surface area contributed by atoms with Crippen molar-refractivity contribution in [2.75, 3.05) is 13.1 Å². The molecule has 2 aromatic rings. The number of hydrogen-bond donors (Lipinski definition) is 1. The van der Waals surface area contributed by atoms with Crippen LogP contribution in [-0.4, -0.2) is 56.1 Å². The number of nitrogens with zero attached hydrogens (tertiary/aromatic N) is 5. The number of likely N-dealkylation sites (tertiary alicyclic amines) is 1. The Balaban J connectivity index is 1.47. The van der Waals surface area contributed by atoms with E-state index in [1.807, 2.05) is 36.1 Å². The minimum Gasteiger partial charge on any atom is -0.352 e. The largest absolute Gasteiger partial charge is 0.352 e. The average Bonchev–Trinajstić information content (AvgIpc) is 3.08. The maximum Gasteiger partial charge on any atom is 0.253 e. The molecule has 0 unspecified atom stereocenters. The zero-order valence-electron chi connectivity index (χ0n) is 13.6. The first-order valence-electron chi connectivity index (χ1n) is 7.98. The van der Waals surface area contributed by atoms with Crippen LogP contribution in [-0.2, 0) is 11.3 Å². The summed E-state index contributed by atoms with van der Waals surface area (Å²) in [5.41, 5.74) is 1.84. The van der Waals surface area contributed by atoms with Crippen molar-refractivity contribution in [2.24, 2.45) is 0 Å². The predicted octanol–water partition coefficient (Wildman–Crippen LogP) is 0.403.